The number of rotatable bonds is 4. The standard InChI is InChI=1S/C15H23N3O/c1-15(2,3)11-17(4)14-16-12-7-5-6-8-13(12)18(14)9-10-19/h5-8,19H,9-11H2,1-4H3. The highest BCUT2D eigenvalue weighted by molar-refractivity contribution is 5.78. The van der Waals surface area contributed by atoms with Crippen LogP contribution in [0.2, 0.25) is 0 Å². The second kappa shape index (κ2) is 5.21. The molecule has 19 heavy (non-hydrogen) atoms. The fraction of sp³-hybridized carbons (Fsp3) is 0.533. The summed E-state index contributed by atoms with van der Waals surface area (Å²) in [4.78, 5) is 6.86. The van der Waals surface area contributed by atoms with E-state index in [9.17, 15) is 5.11 Å². The molecule has 4 nitrogen and oxygen atoms in total. The van der Waals surface area contributed by atoms with Crippen LogP contribution in [0.1, 0.15) is 20.8 Å². The second-order valence-electron chi connectivity index (χ2n) is 6.19. The van der Waals surface area contributed by atoms with Gasteiger partial charge in [-0.05, 0) is 17.5 Å². The van der Waals surface area contributed by atoms with Gasteiger partial charge in [-0.2, -0.15) is 0 Å². The van der Waals surface area contributed by atoms with E-state index in [0.29, 0.717) is 6.54 Å². The molecule has 0 bridgehead atoms. The molecule has 0 radical (unpaired) electrons. The van der Waals surface area contributed by atoms with E-state index < -0.39 is 0 Å². The lowest BCUT2D eigenvalue weighted by atomic mass is 9.96. The summed E-state index contributed by atoms with van der Waals surface area (Å²) in [5.74, 6) is 0.921. The van der Waals surface area contributed by atoms with Gasteiger partial charge in [-0.15, -0.1) is 0 Å². The largest absolute Gasteiger partial charge is 0.395 e. The Bertz CT molecular complexity index is 554. The van der Waals surface area contributed by atoms with Crippen LogP contribution in [-0.2, 0) is 6.54 Å². The van der Waals surface area contributed by atoms with E-state index in [1.807, 2.05) is 24.3 Å². The Kier molecular flexibility index (Phi) is 3.80. The molecule has 0 aliphatic heterocycles. The number of aromatic nitrogens is 2. The maximum absolute atomic E-state index is 9.27. The molecule has 1 heterocycles. The number of fused-ring (bicyclic) bond motifs is 1. The number of benzene rings is 1. The van der Waals surface area contributed by atoms with Crippen LogP contribution in [0.3, 0.4) is 0 Å². The predicted octanol–water partition coefficient (Wildman–Crippen LogP) is 2.51. The summed E-state index contributed by atoms with van der Waals surface area (Å²) in [6, 6.07) is 8.06. The summed E-state index contributed by atoms with van der Waals surface area (Å²) in [6.07, 6.45) is 0. The molecule has 0 saturated carbocycles. The van der Waals surface area contributed by atoms with Gasteiger partial charge >= 0.3 is 0 Å². The van der Waals surface area contributed by atoms with Crippen molar-refractivity contribution < 1.29 is 5.11 Å². The van der Waals surface area contributed by atoms with Crippen molar-refractivity contribution in [3.63, 3.8) is 0 Å². The zero-order chi connectivity index (χ0) is 14.0. The Morgan fingerprint density at radius 3 is 2.58 bits per heavy atom. The monoisotopic (exact) mass is 261 g/mol. The van der Waals surface area contributed by atoms with Crippen molar-refractivity contribution >= 4 is 17.0 Å². The van der Waals surface area contributed by atoms with Gasteiger partial charge in [-0.3, -0.25) is 0 Å². The summed E-state index contributed by atoms with van der Waals surface area (Å²) in [6.45, 7) is 8.25. The van der Waals surface area contributed by atoms with Crippen LogP contribution in [0, 0.1) is 5.41 Å². The van der Waals surface area contributed by atoms with Crippen LogP contribution in [0.4, 0.5) is 5.95 Å². The first kappa shape index (κ1) is 13.9. The van der Waals surface area contributed by atoms with Crippen molar-refractivity contribution in [3.8, 4) is 0 Å². The van der Waals surface area contributed by atoms with Gasteiger partial charge in [-0.1, -0.05) is 32.9 Å². The third-order valence-corrected chi connectivity index (χ3v) is 3.01. The molecule has 2 aromatic rings. The highest BCUT2D eigenvalue weighted by atomic mass is 16.3. The van der Waals surface area contributed by atoms with Crippen LogP contribution in [0.5, 0.6) is 0 Å². The highest BCUT2D eigenvalue weighted by Crippen LogP contribution is 2.24. The highest BCUT2D eigenvalue weighted by Gasteiger charge is 2.19. The molecule has 104 valence electrons. The predicted molar refractivity (Wildman–Crippen MR) is 79.5 cm³/mol. The fourth-order valence-corrected chi connectivity index (χ4v) is 2.46. The first-order chi connectivity index (χ1) is 8.92. The fourth-order valence-electron chi connectivity index (χ4n) is 2.46. The molecular weight excluding hydrogens is 238 g/mol. The quantitative estimate of drug-likeness (QED) is 0.919. The van der Waals surface area contributed by atoms with Crippen LogP contribution in [-0.4, -0.2) is 34.9 Å². The van der Waals surface area contributed by atoms with Crippen molar-refractivity contribution in [3.05, 3.63) is 24.3 Å². The summed E-state index contributed by atoms with van der Waals surface area (Å²) in [5, 5.41) is 9.27. The summed E-state index contributed by atoms with van der Waals surface area (Å²) in [7, 11) is 2.06. The number of aliphatic hydroxyl groups is 1. The second-order valence-corrected chi connectivity index (χ2v) is 6.19. The van der Waals surface area contributed by atoms with Gasteiger partial charge in [0, 0.05) is 20.1 Å². The smallest absolute Gasteiger partial charge is 0.206 e. The van der Waals surface area contributed by atoms with E-state index in [4.69, 9.17) is 4.98 Å². The van der Waals surface area contributed by atoms with E-state index in [1.165, 1.54) is 0 Å². The zero-order valence-corrected chi connectivity index (χ0v) is 12.2. The van der Waals surface area contributed by atoms with Gasteiger partial charge in [0.05, 0.1) is 17.6 Å². The molecule has 0 aliphatic rings. The van der Waals surface area contributed by atoms with Gasteiger partial charge < -0.3 is 14.6 Å². The molecule has 1 N–H and O–H groups in total. The Balaban J connectivity index is 2.43. The summed E-state index contributed by atoms with van der Waals surface area (Å²) < 4.78 is 2.08. The average molecular weight is 261 g/mol. The van der Waals surface area contributed by atoms with Crippen LogP contribution >= 0.6 is 0 Å². The van der Waals surface area contributed by atoms with E-state index in [2.05, 4.69) is 37.3 Å². The maximum atomic E-state index is 9.27. The molecule has 0 amide bonds. The van der Waals surface area contributed by atoms with Crippen molar-refractivity contribution in [2.45, 2.75) is 27.3 Å². The maximum Gasteiger partial charge on any atom is 0.206 e. The van der Waals surface area contributed by atoms with Gasteiger partial charge in [0.15, 0.2) is 0 Å². The Labute approximate surface area is 114 Å². The molecule has 1 aromatic heterocycles. The Hall–Kier alpha value is -1.55. The van der Waals surface area contributed by atoms with E-state index in [-0.39, 0.29) is 12.0 Å². The third-order valence-electron chi connectivity index (χ3n) is 3.01. The Morgan fingerprint density at radius 1 is 1.26 bits per heavy atom. The summed E-state index contributed by atoms with van der Waals surface area (Å²) >= 11 is 0. The third kappa shape index (κ3) is 3.07. The first-order valence-corrected chi connectivity index (χ1v) is 6.69. The lowest BCUT2D eigenvalue weighted by Crippen LogP contribution is -2.31. The normalized spacial score (nSPS) is 12.1. The van der Waals surface area contributed by atoms with Crippen molar-refractivity contribution in [2.75, 3.05) is 25.1 Å². The number of hydrogen-bond acceptors (Lipinski definition) is 3. The van der Waals surface area contributed by atoms with Crippen LogP contribution in [0.25, 0.3) is 11.0 Å². The number of imidazole rings is 1. The average Bonchev–Trinajstić information content (AvgIpc) is 2.67. The number of hydrogen-bond donors (Lipinski definition) is 1. The number of para-hydroxylation sites is 2. The lowest BCUT2D eigenvalue weighted by Gasteiger charge is -2.27. The topological polar surface area (TPSA) is 41.3 Å². The van der Waals surface area contributed by atoms with E-state index in [1.54, 1.807) is 0 Å². The van der Waals surface area contributed by atoms with Crippen LogP contribution < -0.4 is 4.90 Å². The minimum Gasteiger partial charge on any atom is -0.395 e. The van der Waals surface area contributed by atoms with Gasteiger partial charge in [0.1, 0.15) is 0 Å². The first-order valence-electron chi connectivity index (χ1n) is 6.69. The van der Waals surface area contributed by atoms with E-state index in [0.717, 1.165) is 23.5 Å². The zero-order valence-electron chi connectivity index (χ0n) is 12.2. The number of anilines is 1. The van der Waals surface area contributed by atoms with E-state index >= 15 is 0 Å². The van der Waals surface area contributed by atoms with Crippen molar-refractivity contribution in [1.29, 1.82) is 0 Å². The van der Waals surface area contributed by atoms with Gasteiger partial charge in [0.2, 0.25) is 5.95 Å². The molecule has 0 unspecified atom stereocenters. The molecule has 4 heteroatoms. The molecule has 2 rings (SSSR count). The SMILES string of the molecule is CN(CC(C)(C)C)c1nc2ccccc2n1CCO. The molecule has 0 saturated heterocycles. The molecule has 0 spiro atoms. The minimum atomic E-state index is 0.122. The summed E-state index contributed by atoms with van der Waals surface area (Å²) in [5.41, 5.74) is 2.26. The van der Waals surface area contributed by atoms with Gasteiger partial charge in [0.25, 0.3) is 0 Å². The molecule has 1 aromatic carbocycles. The lowest BCUT2D eigenvalue weighted by molar-refractivity contribution is 0.277. The molecule has 0 fully saturated rings. The van der Waals surface area contributed by atoms with Crippen molar-refractivity contribution in [1.82, 2.24) is 9.55 Å². The number of nitrogens with zero attached hydrogens (tertiary/aromatic N) is 3. The molecular formula is C15H23N3O. The van der Waals surface area contributed by atoms with Crippen LogP contribution in [0.15, 0.2) is 24.3 Å². The van der Waals surface area contributed by atoms with Crippen molar-refractivity contribution in [2.24, 2.45) is 5.41 Å². The number of aliphatic hydroxyl groups excluding tert-OH is 1. The molecule has 0 aliphatic carbocycles. The van der Waals surface area contributed by atoms with Gasteiger partial charge in [-0.25, -0.2) is 4.98 Å². The minimum absolute atomic E-state index is 0.122. The molecule has 0 atom stereocenters. The Morgan fingerprint density at radius 2 is 1.95 bits per heavy atom.